The molecule has 0 aromatic rings. The van der Waals surface area contributed by atoms with Crippen molar-refractivity contribution in [2.75, 3.05) is 46.2 Å². The molecule has 1 aliphatic heterocycles. The Balaban J connectivity index is 2.35. The Bertz CT molecular complexity index is 872. The second kappa shape index (κ2) is 20.4. The Labute approximate surface area is 238 Å². The molecule has 0 N–H and O–H groups in total. The largest absolute Gasteiger partial charge is 0.508 e. The Morgan fingerprint density at radius 1 is 0.750 bits per heavy atom. The Morgan fingerprint density at radius 2 is 1.30 bits per heavy atom. The van der Waals surface area contributed by atoms with Crippen molar-refractivity contribution in [1.29, 1.82) is 0 Å². The van der Waals surface area contributed by atoms with Crippen LogP contribution in [-0.2, 0) is 38.1 Å². The highest BCUT2D eigenvalue weighted by molar-refractivity contribution is 5.87. The fourth-order valence-electron chi connectivity index (χ4n) is 3.53. The van der Waals surface area contributed by atoms with Crippen LogP contribution in [0.4, 0.5) is 4.79 Å². The molecule has 226 valence electrons. The molecular formula is C29H46N2O9. The lowest BCUT2D eigenvalue weighted by atomic mass is 10.1. The number of unbranched alkanes of at least 4 members (excludes halogenated alkanes) is 6. The number of rotatable bonds is 21. The van der Waals surface area contributed by atoms with Gasteiger partial charge in [-0.15, -0.1) is 0 Å². The molecular weight excluding hydrogens is 520 g/mol. The van der Waals surface area contributed by atoms with Crippen molar-refractivity contribution < 1.29 is 42.9 Å². The molecule has 11 heteroatoms. The van der Waals surface area contributed by atoms with Crippen LogP contribution in [0.15, 0.2) is 36.7 Å². The SMILES string of the molecule is C=C(C)C(=O)OCCOC(=O)OC(COC(=O)CCN1C=CN(CCCCCCCCC)C1)COC(=O)C(=C)C. The standard InChI is InChI=1S/C29H46N2O9/c1-6-7-8-9-10-11-12-14-30-16-17-31(22-30)15-13-26(32)38-20-25(21-39-28(34)24(4)5)40-29(35)37-19-18-36-27(33)23(2)3/h16-17,25H,2,4,6-15,18-22H2,1,3,5H3. The first kappa shape index (κ1) is 34.5. The highest BCUT2D eigenvalue weighted by atomic mass is 16.7. The van der Waals surface area contributed by atoms with Crippen LogP contribution in [0.25, 0.3) is 0 Å². The van der Waals surface area contributed by atoms with Crippen molar-refractivity contribution in [3.8, 4) is 0 Å². The number of hydrogen-bond acceptors (Lipinski definition) is 11. The lowest BCUT2D eigenvalue weighted by molar-refractivity contribution is -0.151. The van der Waals surface area contributed by atoms with E-state index in [1.54, 1.807) is 0 Å². The maximum Gasteiger partial charge on any atom is 0.508 e. The maximum atomic E-state index is 12.3. The molecule has 0 saturated heterocycles. The first-order valence-electron chi connectivity index (χ1n) is 13.9. The van der Waals surface area contributed by atoms with Gasteiger partial charge in [0.15, 0.2) is 6.10 Å². The summed E-state index contributed by atoms with van der Waals surface area (Å²) < 4.78 is 25.1. The van der Waals surface area contributed by atoms with Crippen molar-refractivity contribution in [3.63, 3.8) is 0 Å². The van der Waals surface area contributed by atoms with Gasteiger partial charge in [0.2, 0.25) is 0 Å². The number of ether oxygens (including phenoxy) is 5. The van der Waals surface area contributed by atoms with E-state index in [4.69, 9.17) is 23.7 Å². The smallest absolute Gasteiger partial charge is 0.462 e. The highest BCUT2D eigenvalue weighted by Gasteiger charge is 2.21. The second-order valence-corrected chi connectivity index (χ2v) is 9.75. The van der Waals surface area contributed by atoms with Crippen LogP contribution in [0.1, 0.15) is 72.1 Å². The minimum absolute atomic E-state index is 0.131. The van der Waals surface area contributed by atoms with Crippen LogP contribution in [0.2, 0.25) is 0 Å². The monoisotopic (exact) mass is 566 g/mol. The maximum absolute atomic E-state index is 12.3. The summed E-state index contributed by atoms with van der Waals surface area (Å²) in [6.07, 6.45) is 10.8. The van der Waals surface area contributed by atoms with E-state index in [-0.39, 0.29) is 44.0 Å². The lowest BCUT2D eigenvalue weighted by Gasteiger charge is -2.21. The van der Waals surface area contributed by atoms with Gasteiger partial charge < -0.3 is 33.5 Å². The summed E-state index contributed by atoms with van der Waals surface area (Å²) in [6, 6.07) is 0. The average molecular weight is 567 g/mol. The minimum Gasteiger partial charge on any atom is -0.462 e. The number of carbonyl (C=O) groups is 4. The zero-order chi connectivity index (χ0) is 29.8. The van der Waals surface area contributed by atoms with Crippen molar-refractivity contribution in [2.24, 2.45) is 0 Å². The van der Waals surface area contributed by atoms with Gasteiger partial charge in [0, 0.05) is 36.6 Å². The van der Waals surface area contributed by atoms with E-state index in [2.05, 4.69) is 25.0 Å². The van der Waals surface area contributed by atoms with Gasteiger partial charge in [0.1, 0.15) is 26.4 Å². The lowest BCUT2D eigenvalue weighted by Crippen LogP contribution is -2.32. The van der Waals surface area contributed by atoms with E-state index in [1.165, 1.54) is 52.4 Å². The summed E-state index contributed by atoms with van der Waals surface area (Å²) in [5, 5.41) is 0. The number of esters is 3. The van der Waals surface area contributed by atoms with Crippen LogP contribution in [0, 0.1) is 0 Å². The molecule has 1 unspecified atom stereocenters. The molecule has 11 nitrogen and oxygen atoms in total. The molecule has 0 amide bonds. The molecule has 0 aromatic carbocycles. The summed E-state index contributed by atoms with van der Waals surface area (Å²) in [5.74, 6) is -1.78. The summed E-state index contributed by atoms with van der Waals surface area (Å²) in [5.41, 5.74) is 0.377. The van der Waals surface area contributed by atoms with Crippen molar-refractivity contribution >= 4 is 24.1 Å². The molecule has 0 aliphatic carbocycles. The fraction of sp³-hybridized carbons (Fsp3) is 0.655. The second-order valence-electron chi connectivity index (χ2n) is 9.75. The molecule has 0 fully saturated rings. The first-order chi connectivity index (χ1) is 19.1. The Morgan fingerprint density at radius 3 is 1.95 bits per heavy atom. The first-order valence-corrected chi connectivity index (χ1v) is 13.9. The normalized spacial score (nSPS) is 13.0. The van der Waals surface area contributed by atoms with Crippen molar-refractivity contribution in [3.05, 3.63) is 36.7 Å². The summed E-state index contributed by atoms with van der Waals surface area (Å²) in [7, 11) is 0. The van der Waals surface area contributed by atoms with Crippen LogP contribution in [0.5, 0.6) is 0 Å². The highest BCUT2D eigenvalue weighted by Crippen LogP contribution is 2.12. The Hall–Kier alpha value is -3.50. The van der Waals surface area contributed by atoms with Crippen LogP contribution >= 0.6 is 0 Å². The van der Waals surface area contributed by atoms with E-state index >= 15 is 0 Å². The average Bonchev–Trinajstić information content (AvgIpc) is 3.38. The Kier molecular flexibility index (Phi) is 17.6. The minimum atomic E-state index is -1.10. The van der Waals surface area contributed by atoms with E-state index in [0.717, 1.165) is 19.6 Å². The summed E-state index contributed by atoms with van der Waals surface area (Å²) in [6.45, 7) is 13.2. The topological polar surface area (TPSA) is 121 Å². The van der Waals surface area contributed by atoms with E-state index < -0.39 is 30.2 Å². The summed E-state index contributed by atoms with van der Waals surface area (Å²) >= 11 is 0. The zero-order valence-electron chi connectivity index (χ0n) is 24.3. The zero-order valence-corrected chi connectivity index (χ0v) is 24.3. The van der Waals surface area contributed by atoms with Gasteiger partial charge in [-0.2, -0.15) is 0 Å². The molecule has 1 heterocycles. The van der Waals surface area contributed by atoms with Gasteiger partial charge in [0.05, 0.1) is 13.1 Å². The van der Waals surface area contributed by atoms with Gasteiger partial charge in [-0.05, 0) is 20.3 Å². The summed E-state index contributed by atoms with van der Waals surface area (Å²) in [4.78, 5) is 51.7. The molecule has 1 atom stereocenters. The third-order valence-corrected chi connectivity index (χ3v) is 5.83. The van der Waals surface area contributed by atoms with E-state index in [9.17, 15) is 19.2 Å². The number of hydrogen-bond donors (Lipinski definition) is 0. The quantitative estimate of drug-likeness (QED) is 0.0846. The van der Waals surface area contributed by atoms with Crippen molar-refractivity contribution in [2.45, 2.75) is 78.2 Å². The number of carbonyl (C=O) groups excluding carboxylic acids is 4. The third kappa shape index (κ3) is 16.5. The predicted molar refractivity (Wildman–Crippen MR) is 149 cm³/mol. The molecule has 40 heavy (non-hydrogen) atoms. The predicted octanol–water partition coefficient (Wildman–Crippen LogP) is 4.48. The molecule has 1 aliphatic rings. The van der Waals surface area contributed by atoms with Gasteiger partial charge in [0.25, 0.3) is 0 Å². The van der Waals surface area contributed by atoms with Crippen LogP contribution in [0.3, 0.4) is 0 Å². The van der Waals surface area contributed by atoms with Crippen LogP contribution in [-0.4, -0.2) is 86.2 Å². The molecule has 0 aromatic heterocycles. The number of nitrogens with zero attached hydrogens (tertiary/aromatic N) is 2. The van der Waals surface area contributed by atoms with Gasteiger partial charge in [-0.3, -0.25) is 4.79 Å². The van der Waals surface area contributed by atoms with Crippen LogP contribution < -0.4 is 0 Å². The molecule has 1 rings (SSSR count). The fourth-order valence-corrected chi connectivity index (χ4v) is 3.53. The molecule has 0 radical (unpaired) electrons. The van der Waals surface area contributed by atoms with Gasteiger partial charge in [-0.25, -0.2) is 14.4 Å². The third-order valence-electron chi connectivity index (χ3n) is 5.83. The van der Waals surface area contributed by atoms with Gasteiger partial charge >= 0.3 is 24.1 Å². The van der Waals surface area contributed by atoms with E-state index in [0.29, 0.717) is 6.54 Å². The van der Waals surface area contributed by atoms with Crippen molar-refractivity contribution in [1.82, 2.24) is 9.80 Å². The molecule has 0 spiro atoms. The molecule has 0 bridgehead atoms. The van der Waals surface area contributed by atoms with E-state index in [1.807, 2.05) is 17.3 Å². The molecule has 0 saturated carbocycles. The van der Waals surface area contributed by atoms with Gasteiger partial charge in [-0.1, -0.05) is 58.6 Å².